The number of carbonyl (C=O) groups excluding carboxylic acids is 1. The minimum Gasteiger partial charge on any atom is -0.351 e. The van der Waals surface area contributed by atoms with E-state index in [1.54, 1.807) is 12.1 Å². The Hall–Kier alpha value is -0.420. The number of alkyl halides is 2. The Morgan fingerprint density at radius 2 is 2.00 bits per heavy atom. The van der Waals surface area contributed by atoms with Gasteiger partial charge < -0.3 is 5.32 Å². The zero-order chi connectivity index (χ0) is 12.0. The Morgan fingerprint density at radius 1 is 1.38 bits per heavy atom. The van der Waals surface area contributed by atoms with E-state index >= 15 is 0 Å². The van der Waals surface area contributed by atoms with Crippen molar-refractivity contribution in [1.29, 1.82) is 0 Å². The van der Waals surface area contributed by atoms with Gasteiger partial charge in [-0.25, -0.2) is 4.39 Å². The highest BCUT2D eigenvalue weighted by molar-refractivity contribution is 9.10. The Bertz CT molecular complexity index is 342. The summed E-state index contributed by atoms with van der Waals surface area (Å²) >= 11 is 6.56. The summed E-state index contributed by atoms with van der Waals surface area (Å²) in [4.78, 5) is 11.3. The van der Waals surface area contributed by atoms with E-state index in [4.69, 9.17) is 0 Å². The van der Waals surface area contributed by atoms with Gasteiger partial charge in [-0.3, -0.25) is 4.79 Å². The maximum atomic E-state index is 12.6. The van der Waals surface area contributed by atoms with Crippen LogP contribution < -0.4 is 5.32 Å². The summed E-state index contributed by atoms with van der Waals surface area (Å²) in [5, 5.41) is 3.54. The van der Waals surface area contributed by atoms with Crippen LogP contribution in [0.3, 0.4) is 0 Å². The fourth-order valence-electron chi connectivity index (χ4n) is 1.13. The Balaban J connectivity index is 2.39. The molecule has 1 atom stereocenters. The summed E-state index contributed by atoms with van der Waals surface area (Å²) in [7, 11) is 0. The molecule has 0 saturated heterocycles. The van der Waals surface area contributed by atoms with Crippen LogP contribution in [0.1, 0.15) is 12.0 Å². The lowest BCUT2D eigenvalue weighted by molar-refractivity contribution is -0.120. The number of nitrogens with one attached hydrogen (secondary N) is 1. The van der Waals surface area contributed by atoms with E-state index in [1.807, 2.05) is 0 Å². The van der Waals surface area contributed by atoms with Crippen LogP contribution in [0.5, 0.6) is 0 Å². The molecule has 1 rings (SSSR count). The maximum Gasteiger partial charge on any atom is 0.234 e. The molecule has 0 radical (unpaired) electrons. The predicted molar refractivity (Wildman–Crippen MR) is 69.4 cm³/mol. The van der Waals surface area contributed by atoms with Crippen molar-refractivity contribution >= 4 is 37.8 Å². The van der Waals surface area contributed by atoms with Crippen molar-refractivity contribution < 1.29 is 9.18 Å². The molecule has 1 N–H and O–H groups in total. The molecule has 0 fully saturated rings. The van der Waals surface area contributed by atoms with Crippen LogP contribution in [0.15, 0.2) is 24.3 Å². The molecule has 0 heterocycles. The SMILES string of the molecule is O=C(NCc1ccc(F)cc1)[C@@H](Br)CCBr. The standard InChI is InChI=1S/C11H12Br2FNO/c12-6-5-10(13)11(16)15-7-8-1-3-9(14)4-2-8/h1-4,10H,5-7H2,(H,15,16)/t10-/m0/s1. The molecular formula is C11H12Br2FNO. The van der Waals surface area contributed by atoms with Crippen LogP contribution in [0, 0.1) is 5.82 Å². The molecule has 0 aliphatic heterocycles. The smallest absolute Gasteiger partial charge is 0.234 e. The number of hydrogen-bond donors (Lipinski definition) is 1. The summed E-state index contributed by atoms with van der Waals surface area (Å²) < 4.78 is 12.6. The quantitative estimate of drug-likeness (QED) is 0.811. The summed E-state index contributed by atoms with van der Waals surface area (Å²) in [6.45, 7) is 0.420. The minimum atomic E-state index is -0.271. The maximum absolute atomic E-state index is 12.6. The molecule has 88 valence electrons. The summed E-state index contributed by atoms with van der Waals surface area (Å²) in [6, 6.07) is 6.07. The van der Waals surface area contributed by atoms with E-state index in [0.29, 0.717) is 6.54 Å². The Labute approximate surface area is 111 Å². The highest BCUT2D eigenvalue weighted by Crippen LogP contribution is 2.08. The van der Waals surface area contributed by atoms with Crippen molar-refractivity contribution in [3.63, 3.8) is 0 Å². The van der Waals surface area contributed by atoms with Crippen LogP contribution in [-0.2, 0) is 11.3 Å². The summed E-state index contributed by atoms with van der Waals surface area (Å²) in [5.74, 6) is -0.323. The second kappa shape index (κ2) is 7.01. The van der Waals surface area contributed by atoms with Crippen molar-refractivity contribution in [3.8, 4) is 0 Å². The van der Waals surface area contributed by atoms with Gasteiger partial charge in [0.25, 0.3) is 0 Å². The van der Waals surface area contributed by atoms with Gasteiger partial charge in [0, 0.05) is 11.9 Å². The van der Waals surface area contributed by atoms with Crippen LogP contribution >= 0.6 is 31.9 Å². The van der Waals surface area contributed by atoms with Gasteiger partial charge in [0.1, 0.15) is 5.82 Å². The Morgan fingerprint density at radius 3 is 2.56 bits per heavy atom. The fraction of sp³-hybridized carbons (Fsp3) is 0.364. The third-order valence-corrected chi connectivity index (χ3v) is 3.36. The van der Waals surface area contributed by atoms with Crippen molar-refractivity contribution in [2.45, 2.75) is 17.8 Å². The second-order valence-electron chi connectivity index (χ2n) is 3.29. The van der Waals surface area contributed by atoms with E-state index in [1.165, 1.54) is 12.1 Å². The molecule has 0 unspecified atom stereocenters. The second-order valence-corrected chi connectivity index (χ2v) is 5.19. The van der Waals surface area contributed by atoms with Crippen LogP contribution in [0.25, 0.3) is 0 Å². The van der Waals surface area contributed by atoms with Crippen molar-refractivity contribution in [3.05, 3.63) is 35.6 Å². The predicted octanol–water partition coefficient (Wildman–Crippen LogP) is 2.99. The fourth-order valence-corrected chi connectivity index (χ4v) is 2.59. The number of halogens is 3. The average Bonchev–Trinajstić information content (AvgIpc) is 2.28. The number of rotatable bonds is 5. The molecular weight excluding hydrogens is 341 g/mol. The number of hydrogen-bond acceptors (Lipinski definition) is 1. The molecule has 1 aromatic carbocycles. The third kappa shape index (κ3) is 4.61. The average molecular weight is 353 g/mol. The van der Waals surface area contributed by atoms with E-state index in [2.05, 4.69) is 37.2 Å². The normalized spacial score (nSPS) is 12.2. The molecule has 0 aliphatic carbocycles. The van der Waals surface area contributed by atoms with Crippen molar-refractivity contribution in [1.82, 2.24) is 5.32 Å². The lowest BCUT2D eigenvalue weighted by Gasteiger charge is -2.09. The number of amides is 1. The van der Waals surface area contributed by atoms with E-state index in [9.17, 15) is 9.18 Å². The third-order valence-electron chi connectivity index (χ3n) is 2.03. The van der Waals surface area contributed by atoms with Gasteiger partial charge in [-0.05, 0) is 24.1 Å². The molecule has 2 nitrogen and oxygen atoms in total. The lowest BCUT2D eigenvalue weighted by atomic mass is 10.2. The summed E-state index contributed by atoms with van der Waals surface area (Å²) in [5.41, 5.74) is 0.883. The van der Waals surface area contributed by atoms with E-state index in [-0.39, 0.29) is 16.6 Å². The van der Waals surface area contributed by atoms with E-state index in [0.717, 1.165) is 17.3 Å². The summed E-state index contributed by atoms with van der Waals surface area (Å²) in [6.07, 6.45) is 0.731. The largest absolute Gasteiger partial charge is 0.351 e. The number of carbonyl (C=O) groups is 1. The van der Waals surface area contributed by atoms with Gasteiger partial charge in [-0.1, -0.05) is 44.0 Å². The number of benzene rings is 1. The van der Waals surface area contributed by atoms with Crippen LogP contribution in [0.4, 0.5) is 4.39 Å². The topological polar surface area (TPSA) is 29.1 Å². The Kier molecular flexibility index (Phi) is 5.98. The molecule has 0 aromatic heterocycles. The highest BCUT2D eigenvalue weighted by Gasteiger charge is 2.12. The van der Waals surface area contributed by atoms with Gasteiger partial charge in [0.2, 0.25) is 5.91 Å². The first-order valence-electron chi connectivity index (χ1n) is 4.85. The molecule has 0 spiro atoms. The van der Waals surface area contributed by atoms with Gasteiger partial charge in [-0.2, -0.15) is 0 Å². The van der Waals surface area contributed by atoms with Gasteiger partial charge in [0.15, 0.2) is 0 Å². The molecule has 0 aliphatic rings. The highest BCUT2D eigenvalue weighted by atomic mass is 79.9. The van der Waals surface area contributed by atoms with Gasteiger partial charge in [0.05, 0.1) is 4.83 Å². The van der Waals surface area contributed by atoms with Gasteiger partial charge in [-0.15, -0.1) is 0 Å². The molecule has 1 amide bonds. The van der Waals surface area contributed by atoms with Crippen LogP contribution in [0.2, 0.25) is 0 Å². The molecule has 0 saturated carbocycles. The monoisotopic (exact) mass is 351 g/mol. The first-order chi connectivity index (χ1) is 7.63. The zero-order valence-electron chi connectivity index (χ0n) is 8.55. The molecule has 1 aromatic rings. The van der Waals surface area contributed by atoms with Gasteiger partial charge >= 0.3 is 0 Å². The first-order valence-corrected chi connectivity index (χ1v) is 6.89. The first kappa shape index (κ1) is 13.6. The molecule has 16 heavy (non-hydrogen) atoms. The van der Waals surface area contributed by atoms with Crippen LogP contribution in [-0.4, -0.2) is 16.1 Å². The molecule has 5 heteroatoms. The lowest BCUT2D eigenvalue weighted by Crippen LogP contribution is -2.30. The van der Waals surface area contributed by atoms with Crippen molar-refractivity contribution in [2.75, 3.05) is 5.33 Å². The van der Waals surface area contributed by atoms with E-state index < -0.39 is 0 Å². The molecule has 0 bridgehead atoms. The minimum absolute atomic E-state index is 0.0521. The zero-order valence-corrected chi connectivity index (χ0v) is 11.7. The van der Waals surface area contributed by atoms with Crippen molar-refractivity contribution in [2.24, 2.45) is 0 Å².